The van der Waals surface area contributed by atoms with E-state index in [0.29, 0.717) is 0 Å². The normalized spacial score (nSPS) is 18.7. The lowest BCUT2D eigenvalue weighted by molar-refractivity contribution is 0.254. The molecule has 1 aromatic heterocycles. The minimum atomic E-state index is -0.0923. The number of benzene rings is 1. The molecule has 0 atom stereocenters. The van der Waals surface area contributed by atoms with Gasteiger partial charge in [-0.15, -0.1) is 0 Å². The lowest BCUT2D eigenvalue weighted by Crippen LogP contribution is -2.43. The summed E-state index contributed by atoms with van der Waals surface area (Å²) in [7, 11) is 2.02. The Bertz CT molecular complexity index is 552. The second-order valence-corrected chi connectivity index (χ2v) is 5.24. The molecule has 0 bridgehead atoms. The Hall–Kier alpha value is -0.990. The molecule has 1 fully saturated rings. The Kier molecular flexibility index (Phi) is 2.07. The van der Waals surface area contributed by atoms with Gasteiger partial charge in [0.2, 0.25) is 0 Å². The standard InChI is InChI=1S/C13H15ClN2/c1-16-8-11(14)10-4-3-9(7-12(10)16)13(15)5-2-6-13/h3-4,7-8H,2,5-6,15H2,1H3. The molecule has 3 heteroatoms. The third kappa shape index (κ3) is 1.30. The van der Waals surface area contributed by atoms with Crippen molar-refractivity contribution >= 4 is 22.5 Å². The molecule has 1 aromatic carbocycles. The van der Waals surface area contributed by atoms with Gasteiger partial charge < -0.3 is 10.3 Å². The maximum absolute atomic E-state index is 6.33. The molecule has 2 N–H and O–H groups in total. The van der Waals surface area contributed by atoms with Crippen molar-refractivity contribution in [2.24, 2.45) is 12.8 Å². The number of rotatable bonds is 1. The highest BCUT2D eigenvalue weighted by Gasteiger charge is 2.34. The first-order chi connectivity index (χ1) is 7.60. The number of fused-ring (bicyclic) bond motifs is 1. The lowest BCUT2D eigenvalue weighted by Gasteiger charge is -2.38. The second kappa shape index (κ2) is 3.25. The average Bonchev–Trinajstić information content (AvgIpc) is 2.51. The monoisotopic (exact) mass is 234 g/mol. The highest BCUT2D eigenvalue weighted by atomic mass is 35.5. The van der Waals surface area contributed by atoms with Gasteiger partial charge in [0, 0.05) is 29.7 Å². The number of nitrogens with two attached hydrogens (primary N) is 1. The first-order valence-corrected chi connectivity index (χ1v) is 6.02. The van der Waals surface area contributed by atoms with Crippen LogP contribution in [0.15, 0.2) is 24.4 Å². The predicted molar refractivity (Wildman–Crippen MR) is 67.6 cm³/mol. The van der Waals surface area contributed by atoms with Crippen LogP contribution < -0.4 is 5.73 Å². The number of nitrogens with zero attached hydrogens (tertiary/aromatic N) is 1. The van der Waals surface area contributed by atoms with Crippen LogP contribution in [0.5, 0.6) is 0 Å². The zero-order valence-electron chi connectivity index (χ0n) is 9.33. The van der Waals surface area contributed by atoms with E-state index >= 15 is 0 Å². The van der Waals surface area contributed by atoms with Crippen molar-refractivity contribution in [1.29, 1.82) is 0 Å². The van der Waals surface area contributed by atoms with Gasteiger partial charge in [-0.05, 0) is 30.9 Å². The summed E-state index contributed by atoms with van der Waals surface area (Å²) in [5, 5.41) is 1.92. The van der Waals surface area contributed by atoms with Crippen LogP contribution in [-0.4, -0.2) is 4.57 Å². The van der Waals surface area contributed by atoms with Gasteiger partial charge in [-0.1, -0.05) is 23.7 Å². The summed E-state index contributed by atoms with van der Waals surface area (Å²) in [4.78, 5) is 0. The molecule has 16 heavy (non-hydrogen) atoms. The summed E-state index contributed by atoms with van der Waals surface area (Å²) in [5.74, 6) is 0. The zero-order chi connectivity index (χ0) is 11.3. The SMILES string of the molecule is Cn1cc(Cl)c2ccc(C3(N)CCC3)cc21. The van der Waals surface area contributed by atoms with Crippen molar-refractivity contribution in [3.8, 4) is 0 Å². The summed E-state index contributed by atoms with van der Waals surface area (Å²) in [6, 6.07) is 6.38. The predicted octanol–water partition coefficient (Wildman–Crippen LogP) is 3.17. The van der Waals surface area contributed by atoms with Gasteiger partial charge in [-0.25, -0.2) is 0 Å². The highest BCUT2D eigenvalue weighted by molar-refractivity contribution is 6.35. The summed E-state index contributed by atoms with van der Waals surface area (Å²) in [6.07, 6.45) is 5.37. The molecular weight excluding hydrogens is 220 g/mol. The van der Waals surface area contributed by atoms with Crippen LogP contribution in [0.25, 0.3) is 10.9 Å². The van der Waals surface area contributed by atoms with Crippen LogP contribution >= 0.6 is 11.6 Å². The first kappa shape index (κ1) is 10.2. The van der Waals surface area contributed by atoms with E-state index in [1.807, 2.05) is 13.2 Å². The number of aromatic nitrogens is 1. The topological polar surface area (TPSA) is 30.9 Å². The molecule has 0 amide bonds. The summed E-state index contributed by atoms with van der Waals surface area (Å²) in [6.45, 7) is 0. The molecule has 0 saturated heterocycles. The maximum Gasteiger partial charge on any atom is 0.0661 e. The first-order valence-electron chi connectivity index (χ1n) is 5.64. The van der Waals surface area contributed by atoms with Crippen LogP contribution in [0.4, 0.5) is 0 Å². The highest BCUT2D eigenvalue weighted by Crippen LogP contribution is 2.40. The Morgan fingerprint density at radius 3 is 2.75 bits per heavy atom. The van der Waals surface area contributed by atoms with Crippen LogP contribution in [0, 0.1) is 0 Å². The minimum absolute atomic E-state index is 0.0923. The molecule has 0 radical (unpaired) electrons. The number of aryl methyl sites for hydroxylation is 1. The Labute approximate surface area is 100.0 Å². The number of halogens is 1. The molecule has 0 spiro atoms. The fraction of sp³-hybridized carbons (Fsp3) is 0.385. The molecule has 3 rings (SSSR count). The fourth-order valence-electron chi connectivity index (χ4n) is 2.49. The van der Waals surface area contributed by atoms with Crippen molar-refractivity contribution in [2.45, 2.75) is 24.8 Å². The van der Waals surface area contributed by atoms with E-state index < -0.39 is 0 Å². The summed E-state index contributed by atoms with van der Waals surface area (Å²) in [5.41, 5.74) is 8.64. The molecule has 84 valence electrons. The molecule has 0 aliphatic heterocycles. The Balaban J connectivity index is 2.19. The molecule has 1 aliphatic rings. The lowest BCUT2D eigenvalue weighted by atomic mass is 9.73. The van der Waals surface area contributed by atoms with Crippen molar-refractivity contribution in [1.82, 2.24) is 4.57 Å². The van der Waals surface area contributed by atoms with Gasteiger partial charge in [0.05, 0.1) is 5.02 Å². The van der Waals surface area contributed by atoms with Crippen LogP contribution in [0.1, 0.15) is 24.8 Å². The third-order valence-electron chi connectivity index (χ3n) is 3.76. The van der Waals surface area contributed by atoms with Crippen molar-refractivity contribution in [3.63, 3.8) is 0 Å². The van der Waals surface area contributed by atoms with Gasteiger partial charge in [-0.3, -0.25) is 0 Å². The van der Waals surface area contributed by atoms with Crippen LogP contribution in [0.3, 0.4) is 0 Å². The zero-order valence-corrected chi connectivity index (χ0v) is 10.1. The third-order valence-corrected chi connectivity index (χ3v) is 4.06. The second-order valence-electron chi connectivity index (χ2n) is 4.83. The van der Waals surface area contributed by atoms with E-state index in [9.17, 15) is 0 Å². The minimum Gasteiger partial charge on any atom is -0.349 e. The molecule has 1 saturated carbocycles. The average molecular weight is 235 g/mol. The van der Waals surface area contributed by atoms with E-state index in [4.69, 9.17) is 17.3 Å². The Morgan fingerprint density at radius 1 is 1.38 bits per heavy atom. The summed E-state index contributed by atoms with van der Waals surface area (Å²) >= 11 is 6.14. The van der Waals surface area contributed by atoms with Gasteiger partial charge in [-0.2, -0.15) is 0 Å². The van der Waals surface area contributed by atoms with Crippen molar-refractivity contribution < 1.29 is 0 Å². The molecule has 2 nitrogen and oxygen atoms in total. The molecular formula is C13H15ClN2. The number of hydrogen-bond acceptors (Lipinski definition) is 1. The van der Waals surface area contributed by atoms with E-state index in [0.717, 1.165) is 23.3 Å². The van der Waals surface area contributed by atoms with E-state index in [2.05, 4.69) is 22.8 Å². The quantitative estimate of drug-likeness (QED) is 0.807. The van der Waals surface area contributed by atoms with Gasteiger partial charge >= 0.3 is 0 Å². The Morgan fingerprint density at radius 2 is 2.12 bits per heavy atom. The molecule has 1 heterocycles. The van der Waals surface area contributed by atoms with Crippen molar-refractivity contribution in [3.05, 3.63) is 35.0 Å². The fourth-order valence-corrected chi connectivity index (χ4v) is 2.80. The van der Waals surface area contributed by atoms with Gasteiger partial charge in [0.15, 0.2) is 0 Å². The molecule has 0 unspecified atom stereocenters. The van der Waals surface area contributed by atoms with E-state index in [1.165, 1.54) is 17.5 Å². The molecule has 1 aliphatic carbocycles. The molecule has 2 aromatic rings. The smallest absolute Gasteiger partial charge is 0.0661 e. The van der Waals surface area contributed by atoms with Crippen LogP contribution in [0.2, 0.25) is 5.02 Å². The van der Waals surface area contributed by atoms with Gasteiger partial charge in [0.25, 0.3) is 0 Å². The van der Waals surface area contributed by atoms with Crippen molar-refractivity contribution in [2.75, 3.05) is 0 Å². The maximum atomic E-state index is 6.33. The van der Waals surface area contributed by atoms with Gasteiger partial charge in [0.1, 0.15) is 0 Å². The van der Waals surface area contributed by atoms with Crippen LogP contribution in [-0.2, 0) is 12.6 Å². The van der Waals surface area contributed by atoms with E-state index in [1.54, 1.807) is 0 Å². The van der Waals surface area contributed by atoms with E-state index in [-0.39, 0.29) is 5.54 Å². The largest absolute Gasteiger partial charge is 0.349 e. The number of hydrogen-bond donors (Lipinski definition) is 1. The summed E-state index contributed by atoms with van der Waals surface area (Å²) < 4.78 is 2.06.